The third kappa shape index (κ3) is 4.26. The third-order valence-corrected chi connectivity index (χ3v) is 5.55. The van der Waals surface area contributed by atoms with Crippen LogP contribution < -0.4 is 0 Å². The Morgan fingerprint density at radius 1 is 1.22 bits per heavy atom. The number of methoxy groups -OCH3 is 2. The van der Waals surface area contributed by atoms with E-state index in [1.54, 1.807) is 11.8 Å². The smallest absolute Gasteiger partial charge is 0.323 e. The van der Waals surface area contributed by atoms with E-state index in [1.165, 1.54) is 19.8 Å². The van der Waals surface area contributed by atoms with Crippen molar-refractivity contribution < 1.29 is 19.1 Å². The van der Waals surface area contributed by atoms with Crippen LogP contribution in [-0.4, -0.2) is 55.9 Å². The first kappa shape index (κ1) is 17.8. The van der Waals surface area contributed by atoms with Crippen LogP contribution in [0.2, 0.25) is 0 Å². The van der Waals surface area contributed by atoms with Crippen molar-refractivity contribution in [1.29, 1.82) is 0 Å². The van der Waals surface area contributed by atoms with Crippen LogP contribution in [0, 0.1) is 12.8 Å². The quantitative estimate of drug-likeness (QED) is 0.768. The number of hydrogen-bond donors (Lipinski definition) is 0. The number of esters is 2. The fourth-order valence-electron chi connectivity index (χ4n) is 2.97. The van der Waals surface area contributed by atoms with Gasteiger partial charge in [-0.25, -0.2) is 0 Å². The maximum Gasteiger partial charge on any atom is 0.323 e. The van der Waals surface area contributed by atoms with Gasteiger partial charge in [-0.1, -0.05) is 17.7 Å². The summed E-state index contributed by atoms with van der Waals surface area (Å²) in [4.78, 5) is 27.0. The summed E-state index contributed by atoms with van der Waals surface area (Å²) >= 11 is 1.70. The molecule has 1 unspecified atom stereocenters. The molecule has 0 aromatic heterocycles. The second-order valence-electron chi connectivity index (χ2n) is 5.82. The Hall–Kier alpha value is -1.53. The van der Waals surface area contributed by atoms with Gasteiger partial charge >= 0.3 is 11.9 Å². The number of aryl methyl sites for hydroxylation is 1. The molecule has 0 radical (unpaired) electrons. The lowest BCUT2D eigenvalue weighted by molar-refractivity contribution is -0.148. The molecule has 0 aliphatic carbocycles. The topological polar surface area (TPSA) is 55.8 Å². The van der Waals surface area contributed by atoms with E-state index < -0.39 is 6.04 Å². The van der Waals surface area contributed by atoms with E-state index in [-0.39, 0.29) is 29.5 Å². The second kappa shape index (κ2) is 7.84. The van der Waals surface area contributed by atoms with Crippen molar-refractivity contribution in [2.24, 2.45) is 5.92 Å². The van der Waals surface area contributed by atoms with E-state index in [0.29, 0.717) is 0 Å². The van der Waals surface area contributed by atoms with E-state index in [0.717, 1.165) is 11.4 Å². The molecule has 0 N–H and O–H groups in total. The molecule has 0 saturated carbocycles. The molecule has 6 heteroatoms. The highest BCUT2D eigenvalue weighted by Gasteiger charge is 2.46. The normalized spacial score (nSPS) is 24.4. The summed E-state index contributed by atoms with van der Waals surface area (Å²) in [5.74, 6) is -0.728. The Bertz CT molecular complexity index is 560. The number of thioether (sulfide) groups is 1. The second-order valence-corrected chi connectivity index (χ2v) is 7.13. The predicted molar refractivity (Wildman–Crippen MR) is 89.4 cm³/mol. The summed E-state index contributed by atoms with van der Waals surface area (Å²) in [6.07, 6.45) is 0.212. The van der Waals surface area contributed by atoms with Crippen molar-refractivity contribution in [3.8, 4) is 0 Å². The monoisotopic (exact) mass is 336 g/mol. The minimum Gasteiger partial charge on any atom is -0.469 e. The van der Waals surface area contributed by atoms with Gasteiger partial charge in [-0.3, -0.25) is 14.5 Å². The van der Waals surface area contributed by atoms with Gasteiger partial charge in [-0.2, -0.15) is 0 Å². The van der Waals surface area contributed by atoms with Gasteiger partial charge in [0.2, 0.25) is 0 Å². The van der Waals surface area contributed by atoms with Crippen molar-refractivity contribution in [1.82, 2.24) is 4.90 Å². The highest BCUT2D eigenvalue weighted by molar-refractivity contribution is 8.00. The summed E-state index contributed by atoms with van der Waals surface area (Å²) < 4.78 is 9.73. The van der Waals surface area contributed by atoms with Crippen LogP contribution in [0.1, 0.15) is 12.0 Å². The zero-order valence-electron chi connectivity index (χ0n) is 13.9. The number of ether oxygens (including phenoxy) is 2. The molecule has 5 nitrogen and oxygen atoms in total. The number of rotatable bonds is 5. The number of hydrogen-bond acceptors (Lipinski definition) is 6. The van der Waals surface area contributed by atoms with Gasteiger partial charge in [0.1, 0.15) is 6.04 Å². The zero-order chi connectivity index (χ0) is 17.0. The molecule has 1 aromatic rings. The van der Waals surface area contributed by atoms with Gasteiger partial charge in [0.25, 0.3) is 0 Å². The van der Waals surface area contributed by atoms with Gasteiger partial charge in [-0.15, -0.1) is 11.8 Å². The molecule has 2 rings (SSSR count). The molecule has 1 aliphatic heterocycles. The van der Waals surface area contributed by atoms with Gasteiger partial charge in [-0.05, 0) is 26.1 Å². The Labute approximate surface area is 141 Å². The van der Waals surface area contributed by atoms with Crippen molar-refractivity contribution >= 4 is 23.7 Å². The summed E-state index contributed by atoms with van der Waals surface area (Å²) in [6.45, 7) is 2.77. The Balaban J connectivity index is 2.19. The van der Waals surface area contributed by atoms with Crippen molar-refractivity contribution in [2.75, 3.05) is 27.8 Å². The minimum atomic E-state index is -0.415. The molecule has 1 aromatic carbocycles. The SMILES string of the molecule is COC(=O)C[C@H]1C(Sc2ccc([11CH3])cc2)CN(C)[C@@H]1C(=O)OC. The maximum atomic E-state index is 12.1. The van der Waals surface area contributed by atoms with Crippen LogP contribution in [0.25, 0.3) is 0 Å². The number of nitrogens with zero attached hydrogens (tertiary/aromatic N) is 1. The number of carbonyl (C=O) groups excluding carboxylic acids is 2. The maximum absolute atomic E-state index is 12.1. The number of benzene rings is 1. The first-order valence-electron chi connectivity index (χ1n) is 7.54. The molecule has 1 fully saturated rings. The lowest BCUT2D eigenvalue weighted by Gasteiger charge is -2.23. The Kier molecular flexibility index (Phi) is 6.07. The molecule has 1 aliphatic rings. The van der Waals surface area contributed by atoms with E-state index >= 15 is 0 Å². The van der Waals surface area contributed by atoms with Gasteiger partial charge in [0.05, 0.1) is 20.6 Å². The predicted octanol–water partition coefficient (Wildman–Crippen LogP) is 2.12. The summed E-state index contributed by atoms with van der Waals surface area (Å²) in [5.41, 5.74) is 1.21. The summed E-state index contributed by atoms with van der Waals surface area (Å²) in [7, 11) is 4.64. The van der Waals surface area contributed by atoms with E-state index in [9.17, 15) is 9.59 Å². The van der Waals surface area contributed by atoms with Crippen LogP contribution in [0.15, 0.2) is 29.2 Å². The number of likely N-dealkylation sites (tertiary alicyclic amines) is 1. The zero-order valence-corrected chi connectivity index (χ0v) is 14.8. The molecule has 23 heavy (non-hydrogen) atoms. The molecule has 1 saturated heterocycles. The Morgan fingerprint density at radius 3 is 2.43 bits per heavy atom. The third-order valence-electron chi connectivity index (χ3n) is 4.21. The molecular weight excluding hydrogens is 313 g/mol. The number of likely N-dealkylation sites (N-methyl/N-ethyl adjacent to an activating group) is 1. The minimum absolute atomic E-state index is 0.130. The Morgan fingerprint density at radius 2 is 1.87 bits per heavy atom. The largest absolute Gasteiger partial charge is 0.469 e. The van der Waals surface area contributed by atoms with Crippen molar-refractivity contribution in [3.05, 3.63) is 29.8 Å². The molecule has 1 heterocycles. The van der Waals surface area contributed by atoms with Crippen molar-refractivity contribution in [2.45, 2.75) is 29.5 Å². The lowest BCUT2D eigenvalue weighted by atomic mass is 9.96. The molecular formula is C17H23NO4S. The van der Waals surface area contributed by atoms with Gasteiger partial charge in [0, 0.05) is 22.6 Å². The van der Waals surface area contributed by atoms with E-state index in [2.05, 4.69) is 24.3 Å². The molecule has 0 amide bonds. The average molecular weight is 336 g/mol. The average Bonchev–Trinajstić information content (AvgIpc) is 2.84. The fourth-order valence-corrected chi connectivity index (χ4v) is 4.35. The van der Waals surface area contributed by atoms with Gasteiger partial charge in [0.15, 0.2) is 0 Å². The molecule has 3 atom stereocenters. The van der Waals surface area contributed by atoms with E-state index in [4.69, 9.17) is 9.47 Å². The van der Waals surface area contributed by atoms with Crippen LogP contribution in [0.5, 0.6) is 0 Å². The van der Waals surface area contributed by atoms with Crippen LogP contribution in [-0.2, 0) is 19.1 Å². The highest BCUT2D eigenvalue weighted by atomic mass is 32.2. The first-order valence-corrected chi connectivity index (χ1v) is 8.42. The van der Waals surface area contributed by atoms with E-state index in [1.807, 2.05) is 18.9 Å². The van der Waals surface area contributed by atoms with Crippen LogP contribution in [0.4, 0.5) is 0 Å². The highest BCUT2D eigenvalue weighted by Crippen LogP contribution is 2.39. The van der Waals surface area contributed by atoms with Crippen LogP contribution >= 0.6 is 11.8 Å². The lowest BCUT2D eigenvalue weighted by Crippen LogP contribution is -2.39. The standard InChI is InChI=1S/C17H23NO4S/c1-11-5-7-12(8-6-11)23-14-10-18(2)16(17(20)22-4)13(14)9-15(19)21-3/h5-8,13-14,16H,9-10H2,1-4H3/t13-,14?,16-/m0/s1/i1-1. The first-order chi connectivity index (χ1) is 11.0. The fraction of sp³-hybridized carbons (Fsp3) is 0.529. The van der Waals surface area contributed by atoms with Crippen LogP contribution in [0.3, 0.4) is 0 Å². The van der Waals surface area contributed by atoms with Crippen molar-refractivity contribution in [3.63, 3.8) is 0 Å². The van der Waals surface area contributed by atoms with Gasteiger partial charge < -0.3 is 9.47 Å². The molecule has 126 valence electrons. The molecule has 0 bridgehead atoms. The number of carbonyl (C=O) groups is 2. The molecule has 0 spiro atoms. The summed E-state index contributed by atoms with van der Waals surface area (Å²) in [6, 6.07) is 7.85. The summed E-state index contributed by atoms with van der Waals surface area (Å²) in [5, 5.41) is 0.130.